The Balaban J connectivity index is 1.77. The molecule has 3 aromatic carbocycles. The Morgan fingerprint density at radius 1 is 0.667 bits per heavy atom. The zero-order valence-corrected chi connectivity index (χ0v) is 18.6. The van der Waals surface area contributed by atoms with Crippen LogP contribution in [0.25, 0.3) is 12.2 Å². The third-order valence-corrected chi connectivity index (χ3v) is 12.0. The van der Waals surface area contributed by atoms with Crippen LogP contribution in [0.1, 0.15) is 33.3 Å². The predicted octanol–water partition coefficient (Wildman–Crippen LogP) is 5.69. The molecule has 2 unspecified atom stereocenters. The number of methoxy groups -OCH3 is 2. The van der Waals surface area contributed by atoms with E-state index in [1.165, 1.54) is 27.4 Å². The maximum Gasteiger partial charge on any atom is 0.160 e. The van der Waals surface area contributed by atoms with Crippen molar-refractivity contribution in [3.05, 3.63) is 101 Å². The van der Waals surface area contributed by atoms with Crippen molar-refractivity contribution in [2.75, 3.05) is 14.2 Å². The minimum absolute atomic E-state index is 0.357. The predicted molar refractivity (Wildman–Crippen MR) is 127 cm³/mol. The standard InChI is InChI=1S/C27H26O2Si/c1-28-23-13-8-14-26(27(23)29-2)30(3,24-17-15-19-9-4-6-11-21(19)24)25-18-16-20-10-5-7-12-22(20)25/h4-18,24-25H,1-3H3. The molecule has 0 bridgehead atoms. The van der Waals surface area contributed by atoms with Gasteiger partial charge in [0.1, 0.15) is 8.07 Å². The van der Waals surface area contributed by atoms with Crippen LogP contribution in [0.15, 0.2) is 78.9 Å². The van der Waals surface area contributed by atoms with E-state index < -0.39 is 8.07 Å². The second kappa shape index (κ2) is 7.33. The number of para-hydroxylation sites is 1. The molecule has 2 nitrogen and oxygen atoms in total. The summed E-state index contributed by atoms with van der Waals surface area (Å²) in [6.45, 7) is 2.51. The average molecular weight is 411 g/mol. The highest BCUT2D eigenvalue weighted by molar-refractivity contribution is 6.94. The fourth-order valence-electron chi connectivity index (χ4n) is 5.38. The number of benzene rings is 3. The molecule has 2 atom stereocenters. The van der Waals surface area contributed by atoms with Gasteiger partial charge < -0.3 is 9.47 Å². The topological polar surface area (TPSA) is 18.5 Å². The van der Waals surface area contributed by atoms with E-state index in [4.69, 9.17) is 9.47 Å². The SMILES string of the molecule is COc1cccc([Si](C)(C2C=Cc3ccccc32)C2C=Cc3ccccc32)c1OC. The van der Waals surface area contributed by atoms with Crippen molar-refractivity contribution in [1.29, 1.82) is 0 Å². The Labute approximate surface area is 179 Å². The van der Waals surface area contributed by atoms with Crippen LogP contribution in [0, 0.1) is 0 Å². The lowest BCUT2D eigenvalue weighted by Crippen LogP contribution is -2.55. The van der Waals surface area contributed by atoms with Gasteiger partial charge in [0.05, 0.1) is 14.2 Å². The number of allylic oxidation sites excluding steroid dienone is 2. The Hall–Kier alpha value is -3.04. The highest BCUT2D eigenvalue weighted by atomic mass is 28.3. The minimum atomic E-state index is -2.25. The second-order valence-corrected chi connectivity index (χ2v) is 12.6. The molecular weight excluding hydrogens is 384 g/mol. The van der Waals surface area contributed by atoms with E-state index in [9.17, 15) is 0 Å². The lowest BCUT2D eigenvalue weighted by Gasteiger charge is -2.40. The van der Waals surface area contributed by atoms with E-state index in [1.54, 1.807) is 14.2 Å². The maximum absolute atomic E-state index is 5.97. The van der Waals surface area contributed by atoms with Gasteiger partial charge in [-0.2, -0.15) is 0 Å². The number of fused-ring (bicyclic) bond motifs is 2. The molecule has 0 fully saturated rings. The zero-order chi connectivity index (χ0) is 20.7. The van der Waals surface area contributed by atoms with Gasteiger partial charge in [0, 0.05) is 11.1 Å². The quantitative estimate of drug-likeness (QED) is 0.503. The fraction of sp³-hybridized carbons (Fsp3) is 0.185. The molecule has 5 rings (SSSR count). The zero-order valence-electron chi connectivity index (χ0n) is 17.6. The molecule has 150 valence electrons. The molecule has 0 saturated carbocycles. The fourth-order valence-corrected chi connectivity index (χ4v) is 10.4. The van der Waals surface area contributed by atoms with E-state index in [2.05, 4.69) is 91.5 Å². The van der Waals surface area contributed by atoms with Gasteiger partial charge >= 0.3 is 0 Å². The Morgan fingerprint density at radius 2 is 1.23 bits per heavy atom. The summed E-state index contributed by atoms with van der Waals surface area (Å²) >= 11 is 0. The normalized spacial score (nSPS) is 20.5. The van der Waals surface area contributed by atoms with Crippen LogP contribution < -0.4 is 14.7 Å². The molecule has 0 aromatic heterocycles. The Kier molecular flexibility index (Phi) is 4.63. The van der Waals surface area contributed by atoms with Crippen molar-refractivity contribution < 1.29 is 9.47 Å². The first-order valence-corrected chi connectivity index (χ1v) is 13.1. The molecule has 3 aromatic rings. The van der Waals surface area contributed by atoms with Crippen molar-refractivity contribution in [2.24, 2.45) is 0 Å². The molecule has 2 aliphatic rings. The molecule has 0 heterocycles. The summed E-state index contributed by atoms with van der Waals surface area (Å²) < 4.78 is 11.7. The van der Waals surface area contributed by atoms with Crippen LogP contribution in [0.3, 0.4) is 0 Å². The summed E-state index contributed by atoms with van der Waals surface area (Å²) in [7, 11) is 1.22. The van der Waals surface area contributed by atoms with Crippen molar-refractivity contribution in [3.8, 4) is 11.5 Å². The molecule has 0 spiro atoms. The van der Waals surface area contributed by atoms with Crippen molar-refractivity contribution in [1.82, 2.24) is 0 Å². The van der Waals surface area contributed by atoms with Gasteiger partial charge in [0.25, 0.3) is 0 Å². The molecule has 0 aliphatic heterocycles. The smallest absolute Gasteiger partial charge is 0.160 e. The van der Waals surface area contributed by atoms with E-state index in [0.29, 0.717) is 11.1 Å². The van der Waals surface area contributed by atoms with E-state index in [0.717, 1.165) is 11.5 Å². The summed E-state index contributed by atoms with van der Waals surface area (Å²) in [5, 5.41) is 1.31. The number of hydrogen-bond acceptors (Lipinski definition) is 2. The van der Waals surface area contributed by atoms with Gasteiger partial charge in [-0.25, -0.2) is 0 Å². The summed E-state index contributed by atoms with van der Waals surface area (Å²) in [5.41, 5.74) is 6.23. The first-order valence-electron chi connectivity index (χ1n) is 10.4. The third kappa shape index (κ3) is 2.69. The molecule has 0 amide bonds. The van der Waals surface area contributed by atoms with Gasteiger partial charge in [0.15, 0.2) is 11.5 Å². The summed E-state index contributed by atoms with van der Waals surface area (Å²) in [5.74, 6) is 1.68. The van der Waals surface area contributed by atoms with Crippen LogP contribution in [-0.2, 0) is 0 Å². The highest BCUT2D eigenvalue weighted by Crippen LogP contribution is 2.48. The molecule has 0 N–H and O–H groups in total. The minimum Gasteiger partial charge on any atom is -0.493 e. The van der Waals surface area contributed by atoms with Crippen LogP contribution in [0.5, 0.6) is 11.5 Å². The van der Waals surface area contributed by atoms with Crippen LogP contribution >= 0.6 is 0 Å². The average Bonchev–Trinajstić information content (AvgIpc) is 3.43. The largest absolute Gasteiger partial charge is 0.493 e. The van der Waals surface area contributed by atoms with E-state index in [1.807, 2.05) is 6.07 Å². The van der Waals surface area contributed by atoms with Crippen LogP contribution in [-0.4, -0.2) is 22.3 Å². The molecule has 0 radical (unpaired) electrons. The van der Waals surface area contributed by atoms with Crippen molar-refractivity contribution >= 4 is 25.4 Å². The number of hydrogen-bond donors (Lipinski definition) is 0. The first kappa shape index (κ1) is 19.0. The highest BCUT2D eigenvalue weighted by Gasteiger charge is 2.49. The molecule has 0 saturated heterocycles. The van der Waals surface area contributed by atoms with Gasteiger partial charge in [0.2, 0.25) is 0 Å². The van der Waals surface area contributed by atoms with Crippen molar-refractivity contribution in [3.63, 3.8) is 0 Å². The van der Waals surface area contributed by atoms with Crippen LogP contribution in [0.2, 0.25) is 6.55 Å². The Bertz CT molecular complexity index is 1100. The van der Waals surface area contributed by atoms with Gasteiger partial charge in [-0.15, -0.1) is 0 Å². The number of ether oxygens (including phenoxy) is 2. The molecule has 2 aliphatic carbocycles. The summed E-state index contributed by atoms with van der Waals surface area (Å²) in [6.07, 6.45) is 9.43. The monoisotopic (exact) mass is 410 g/mol. The van der Waals surface area contributed by atoms with E-state index in [-0.39, 0.29) is 0 Å². The van der Waals surface area contributed by atoms with E-state index >= 15 is 0 Å². The van der Waals surface area contributed by atoms with Crippen molar-refractivity contribution in [2.45, 2.75) is 17.6 Å². The van der Waals surface area contributed by atoms with Gasteiger partial charge in [-0.1, -0.05) is 91.5 Å². The molecule has 3 heteroatoms. The molecule has 30 heavy (non-hydrogen) atoms. The third-order valence-electron chi connectivity index (χ3n) is 6.87. The number of rotatable bonds is 5. The molecular formula is C27H26O2Si. The Morgan fingerprint density at radius 3 is 1.77 bits per heavy atom. The van der Waals surface area contributed by atoms with Crippen LogP contribution in [0.4, 0.5) is 0 Å². The van der Waals surface area contributed by atoms with Gasteiger partial charge in [-0.3, -0.25) is 0 Å². The lowest BCUT2D eigenvalue weighted by atomic mass is 10.1. The maximum atomic E-state index is 5.97. The summed E-state index contributed by atoms with van der Waals surface area (Å²) in [4.78, 5) is 0. The lowest BCUT2D eigenvalue weighted by molar-refractivity contribution is 0.357. The van der Waals surface area contributed by atoms with Gasteiger partial charge in [-0.05, 0) is 33.5 Å². The summed E-state index contributed by atoms with van der Waals surface area (Å²) in [6, 6.07) is 24.0. The first-order chi connectivity index (χ1) is 14.7. The second-order valence-electron chi connectivity index (χ2n) is 8.26.